The van der Waals surface area contributed by atoms with E-state index in [9.17, 15) is 4.79 Å². The smallest absolute Gasteiger partial charge is 0.319 e. The monoisotopic (exact) mass is 374 g/mol. The van der Waals surface area contributed by atoms with Crippen LogP contribution in [0.3, 0.4) is 0 Å². The summed E-state index contributed by atoms with van der Waals surface area (Å²) in [4.78, 5) is 12.0. The molecule has 0 heterocycles. The summed E-state index contributed by atoms with van der Waals surface area (Å²) in [6.07, 6.45) is 0. The molecule has 0 bridgehead atoms. The van der Waals surface area contributed by atoms with Gasteiger partial charge in [-0.2, -0.15) is 0 Å². The van der Waals surface area contributed by atoms with Gasteiger partial charge in [-0.3, -0.25) is 0 Å². The van der Waals surface area contributed by atoms with Crippen LogP contribution in [-0.2, 0) is 16.1 Å². The highest BCUT2D eigenvalue weighted by Gasteiger charge is 2.03. The van der Waals surface area contributed by atoms with Crippen LogP contribution in [0.5, 0.6) is 11.5 Å². The number of ether oxygens (including phenoxy) is 4. The molecule has 7 heteroatoms. The van der Waals surface area contributed by atoms with Gasteiger partial charge < -0.3 is 29.6 Å². The molecule has 2 aromatic carbocycles. The van der Waals surface area contributed by atoms with Crippen molar-refractivity contribution < 1.29 is 23.7 Å². The molecule has 7 nitrogen and oxygen atoms in total. The third-order valence-electron chi connectivity index (χ3n) is 3.58. The normalized spacial score (nSPS) is 10.3. The molecule has 0 unspecified atom stereocenters. The van der Waals surface area contributed by atoms with Crippen LogP contribution in [-0.4, -0.2) is 46.6 Å². The second-order valence-corrected chi connectivity index (χ2v) is 5.65. The van der Waals surface area contributed by atoms with Gasteiger partial charge in [0.1, 0.15) is 18.1 Å². The lowest BCUT2D eigenvalue weighted by atomic mass is 10.2. The molecule has 0 radical (unpaired) electrons. The van der Waals surface area contributed by atoms with E-state index in [0.717, 1.165) is 11.3 Å². The van der Waals surface area contributed by atoms with E-state index in [1.807, 2.05) is 42.5 Å². The van der Waals surface area contributed by atoms with Crippen molar-refractivity contribution in [3.63, 3.8) is 0 Å². The quantitative estimate of drug-likeness (QED) is 0.591. The Labute approximate surface area is 159 Å². The van der Waals surface area contributed by atoms with Crippen molar-refractivity contribution in [1.29, 1.82) is 0 Å². The van der Waals surface area contributed by atoms with E-state index in [1.165, 1.54) is 0 Å². The van der Waals surface area contributed by atoms with E-state index in [0.29, 0.717) is 44.4 Å². The number of carbonyl (C=O) groups excluding carboxylic acids is 1. The maximum Gasteiger partial charge on any atom is 0.319 e. The molecule has 2 N–H and O–H groups in total. The number of nitrogens with one attached hydrogen (secondary N) is 2. The fourth-order valence-corrected chi connectivity index (χ4v) is 2.27. The fraction of sp³-hybridized carbons (Fsp3) is 0.350. The Bertz CT molecular complexity index is 708. The van der Waals surface area contributed by atoms with Crippen LogP contribution in [0.4, 0.5) is 10.5 Å². The van der Waals surface area contributed by atoms with Crippen molar-refractivity contribution in [2.45, 2.75) is 6.61 Å². The minimum Gasteiger partial charge on any atom is -0.497 e. The zero-order chi connectivity index (χ0) is 19.3. The van der Waals surface area contributed by atoms with Gasteiger partial charge in [-0.15, -0.1) is 0 Å². The van der Waals surface area contributed by atoms with Gasteiger partial charge >= 0.3 is 6.03 Å². The molecule has 27 heavy (non-hydrogen) atoms. The van der Waals surface area contributed by atoms with E-state index in [1.54, 1.807) is 20.3 Å². The molecule has 0 aliphatic carbocycles. The lowest BCUT2D eigenvalue weighted by Gasteiger charge is -2.11. The van der Waals surface area contributed by atoms with Gasteiger partial charge in [-0.05, 0) is 29.8 Å². The van der Waals surface area contributed by atoms with E-state index < -0.39 is 0 Å². The Hall–Kier alpha value is -2.77. The van der Waals surface area contributed by atoms with Crippen LogP contribution in [0.2, 0.25) is 0 Å². The van der Waals surface area contributed by atoms with Gasteiger partial charge in [0.05, 0.1) is 33.5 Å². The summed E-state index contributed by atoms with van der Waals surface area (Å²) in [5.41, 5.74) is 1.68. The summed E-state index contributed by atoms with van der Waals surface area (Å²) >= 11 is 0. The van der Waals surface area contributed by atoms with E-state index in [-0.39, 0.29) is 6.03 Å². The largest absolute Gasteiger partial charge is 0.497 e. The molecule has 0 atom stereocenters. The van der Waals surface area contributed by atoms with Gasteiger partial charge in [-0.25, -0.2) is 4.79 Å². The van der Waals surface area contributed by atoms with Crippen LogP contribution in [0.1, 0.15) is 5.56 Å². The van der Waals surface area contributed by atoms with Crippen LogP contribution in [0, 0.1) is 0 Å². The highest BCUT2D eigenvalue weighted by atomic mass is 16.5. The number of methoxy groups -OCH3 is 2. The van der Waals surface area contributed by atoms with Crippen molar-refractivity contribution in [3.05, 3.63) is 54.1 Å². The molecule has 2 aromatic rings. The molecule has 0 saturated heterocycles. The van der Waals surface area contributed by atoms with Crippen molar-refractivity contribution in [1.82, 2.24) is 5.32 Å². The summed E-state index contributed by atoms with van der Waals surface area (Å²) in [6, 6.07) is 14.5. The Kier molecular flexibility index (Phi) is 8.95. The zero-order valence-corrected chi connectivity index (χ0v) is 15.7. The number of urea groups is 1. The molecule has 0 spiro atoms. The van der Waals surface area contributed by atoms with Crippen LogP contribution >= 0.6 is 0 Å². The first-order chi connectivity index (χ1) is 13.2. The number of carbonyl (C=O) groups is 1. The predicted molar refractivity (Wildman–Crippen MR) is 103 cm³/mol. The number of hydrogen-bond acceptors (Lipinski definition) is 5. The fourth-order valence-electron chi connectivity index (χ4n) is 2.27. The maximum atomic E-state index is 12.0. The summed E-state index contributed by atoms with van der Waals surface area (Å²) in [7, 11) is 3.24. The molecule has 0 aromatic heterocycles. The molecular weight excluding hydrogens is 348 g/mol. The van der Waals surface area contributed by atoms with Crippen molar-refractivity contribution >= 4 is 11.7 Å². The molecule has 146 valence electrons. The number of anilines is 1. The van der Waals surface area contributed by atoms with Crippen molar-refractivity contribution in [2.75, 3.05) is 45.9 Å². The van der Waals surface area contributed by atoms with E-state index in [4.69, 9.17) is 18.9 Å². The van der Waals surface area contributed by atoms with E-state index >= 15 is 0 Å². The first-order valence-electron chi connectivity index (χ1n) is 8.68. The average Bonchev–Trinajstić information content (AvgIpc) is 2.69. The zero-order valence-electron chi connectivity index (χ0n) is 15.7. The number of rotatable bonds is 11. The number of benzene rings is 2. The Balaban J connectivity index is 1.69. The van der Waals surface area contributed by atoms with Gasteiger partial charge in [0.15, 0.2) is 0 Å². The Morgan fingerprint density at radius 2 is 1.78 bits per heavy atom. The number of amides is 2. The van der Waals surface area contributed by atoms with Crippen LogP contribution in [0.15, 0.2) is 48.5 Å². The standard InChI is InChI=1S/C20H26N2O5/c1-24-11-12-26-15-16-5-3-6-17(13-16)22-20(23)21-9-10-27-19-8-4-7-18(14-19)25-2/h3-8,13-14H,9-12,15H2,1-2H3,(H2,21,22,23). The van der Waals surface area contributed by atoms with Gasteiger partial charge in [0.25, 0.3) is 0 Å². The molecule has 2 amide bonds. The van der Waals surface area contributed by atoms with Crippen LogP contribution < -0.4 is 20.1 Å². The van der Waals surface area contributed by atoms with Crippen molar-refractivity contribution in [3.8, 4) is 11.5 Å². The lowest BCUT2D eigenvalue weighted by molar-refractivity contribution is 0.0617. The molecule has 0 saturated carbocycles. The molecule has 2 rings (SSSR count). The van der Waals surface area contributed by atoms with Crippen molar-refractivity contribution in [2.24, 2.45) is 0 Å². The maximum absolute atomic E-state index is 12.0. The van der Waals surface area contributed by atoms with Crippen LogP contribution in [0.25, 0.3) is 0 Å². The summed E-state index contributed by atoms with van der Waals surface area (Å²) in [5.74, 6) is 1.42. The van der Waals surface area contributed by atoms with E-state index in [2.05, 4.69) is 10.6 Å². The van der Waals surface area contributed by atoms with Gasteiger partial charge in [0, 0.05) is 18.9 Å². The highest BCUT2D eigenvalue weighted by molar-refractivity contribution is 5.89. The second kappa shape index (κ2) is 11.8. The third kappa shape index (κ3) is 7.98. The Morgan fingerprint density at radius 1 is 0.963 bits per heavy atom. The average molecular weight is 374 g/mol. The molecular formula is C20H26N2O5. The minimum absolute atomic E-state index is 0.290. The predicted octanol–water partition coefficient (Wildman–Crippen LogP) is 3.06. The second-order valence-electron chi connectivity index (χ2n) is 5.65. The minimum atomic E-state index is -0.290. The Morgan fingerprint density at radius 3 is 2.59 bits per heavy atom. The SMILES string of the molecule is COCCOCc1cccc(NC(=O)NCCOc2cccc(OC)c2)c1. The topological polar surface area (TPSA) is 78.1 Å². The summed E-state index contributed by atoms with van der Waals surface area (Å²) < 4.78 is 21.1. The number of hydrogen-bond donors (Lipinski definition) is 2. The summed E-state index contributed by atoms with van der Waals surface area (Å²) in [6.45, 7) is 2.28. The van der Waals surface area contributed by atoms with Gasteiger partial charge in [0.2, 0.25) is 0 Å². The molecule has 0 aliphatic heterocycles. The first-order valence-corrected chi connectivity index (χ1v) is 8.68. The lowest BCUT2D eigenvalue weighted by Crippen LogP contribution is -2.32. The van der Waals surface area contributed by atoms with Gasteiger partial charge in [-0.1, -0.05) is 18.2 Å². The first kappa shape index (κ1) is 20.5. The molecule has 0 aliphatic rings. The highest BCUT2D eigenvalue weighted by Crippen LogP contribution is 2.18. The molecule has 0 fully saturated rings. The third-order valence-corrected chi connectivity index (χ3v) is 3.58. The summed E-state index contributed by atoms with van der Waals surface area (Å²) in [5, 5.41) is 5.55.